The van der Waals surface area contributed by atoms with Crippen LogP contribution in [0.3, 0.4) is 0 Å². The summed E-state index contributed by atoms with van der Waals surface area (Å²) in [7, 11) is -2.34. The van der Waals surface area contributed by atoms with Crippen molar-refractivity contribution >= 4 is 39.1 Å². The lowest BCUT2D eigenvalue weighted by Crippen LogP contribution is -2.52. The predicted molar refractivity (Wildman–Crippen MR) is 143 cm³/mol. The first kappa shape index (κ1) is 27.2. The third-order valence-corrected chi connectivity index (χ3v) is 7.24. The number of hydrogen-bond donors (Lipinski definition) is 1. The molecule has 2 amide bonds. The van der Waals surface area contributed by atoms with Crippen LogP contribution in [0.2, 0.25) is 5.02 Å². The Hall–Kier alpha value is -3.36. The second-order valence-corrected chi connectivity index (χ2v) is 10.9. The summed E-state index contributed by atoms with van der Waals surface area (Å²) in [5.41, 5.74) is 2.95. The van der Waals surface area contributed by atoms with Crippen molar-refractivity contribution in [3.05, 3.63) is 101 Å². The van der Waals surface area contributed by atoms with Gasteiger partial charge in [-0.3, -0.25) is 13.9 Å². The van der Waals surface area contributed by atoms with Gasteiger partial charge in [0, 0.05) is 20.0 Å². The lowest BCUT2D eigenvalue weighted by molar-refractivity contribution is -0.139. The number of rotatable bonds is 10. The van der Waals surface area contributed by atoms with Crippen LogP contribution in [0.5, 0.6) is 0 Å². The van der Waals surface area contributed by atoms with E-state index in [2.05, 4.69) is 5.32 Å². The smallest absolute Gasteiger partial charge is 0.244 e. The van der Waals surface area contributed by atoms with Crippen LogP contribution in [0.25, 0.3) is 0 Å². The van der Waals surface area contributed by atoms with Crippen LogP contribution in [0.4, 0.5) is 5.69 Å². The Bertz CT molecular complexity index is 1300. The molecule has 0 saturated carbocycles. The number of hydrogen-bond acceptors (Lipinski definition) is 4. The molecule has 0 fully saturated rings. The maximum absolute atomic E-state index is 13.8. The normalized spacial score (nSPS) is 12.0. The summed E-state index contributed by atoms with van der Waals surface area (Å²) < 4.78 is 26.4. The van der Waals surface area contributed by atoms with Crippen LogP contribution in [-0.2, 0) is 32.6 Å². The van der Waals surface area contributed by atoms with Gasteiger partial charge in [-0.05, 0) is 30.2 Å². The van der Waals surface area contributed by atoms with Crippen molar-refractivity contribution in [3.63, 3.8) is 0 Å². The fourth-order valence-corrected chi connectivity index (χ4v) is 5.01. The van der Waals surface area contributed by atoms with Crippen molar-refractivity contribution in [2.75, 3.05) is 24.2 Å². The van der Waals surface area contributed by atoms with E-state index < -0.39 is 28.5 Å². The van der Waals surface area contributed by atoms with Gasteiger partial charge in [-0.1, -0.05) is 83.9 Å². The molecule has 7 nitrogen and oxygen atoms in total. The third kappa shape index (κ3) is 7.08. The molecule has 36 heavy (non-hydrogen) atoms. The van der Waals surface area contributed by atoms with E-state index in [1.165, 1.54) is 11.9 Å². The maximum atomic E-state index is 13.8. The van der Waals surface area contributed by atoms with Crippen molar-refractivity contribution in [3.8, 4) is 0 Å². The highest BCUT2D eigenvalue weighted by atomic mass is 35.5. The zero-order chi connectivity index (χ0) is 26.3. The first-order chi connectivity index (χ1) is 17.1. The molecule has 0 saturated heterocycles. The third-order valence-electron chi connectivity index (χ3n) is 5.79. The Balaban J connectivity index is 2.03. The topological polar surface area (TPSA) is 86.8 Å². The first-order valence-corrected chi connectivity index (χ1v) is 13.7. The van der Waals surface area contributed by atoms with Gasteiger partial charge >= 0.3 is 0 Å². The van der Waals surface area contributed by atoms with Gasteiger partial charge in [0.25, 0.3) is 0 Å². The summed E-state index contributed by atoms with van der Waals surface area (Å²) in [6.07, 6.45) is 1.29. The van der Waals surface area contributed by atoms with E-state index in [9.17, 15) is 18.0 Å². The molecule has 0 bridgehead atoms. The minimum atomic E-state index is -3.86. The zero-order valence-electron chi connectivity index (χ0n) is 20.5. The number of benzene rings is 3. The molecule has 3 aromatic rings. The van der Waals surface area contributed by atoms with E-state index in [4.69, 9.17) is 11.6 Å². The van der Waals surface area contributed by atoms with E-state index in [1.54, 1.807) is 24.3 Å². The van der Waals surface area contributed by atoms with E-state index in [0.717, 1.165) is 27.3 Å². The van der Waals surface area contributed by atoms with Gasteiger partial charge in [0.15, 0.2) is 0 Å². The number of anilines is 1. The van der Waals surface area contributed by atoms with Crippen LogP contribution >= 0.6 is 11.6 Å². The van der Waals surface area contributed by atoms with Gasteiger partial charge in [0.1, 0.15) is 12.6 Å². The van der Waals surface area contributed by atoms with E-state index in [1.807, 2.05) is 61.5 Å². The summed E-state index contributed by atoms with van der Waals surface area (Å²) in [6.45, 7) is 1.59. The highest BCUT2D eigenvalue weighted by molar-refractivity contribution is 7.92. The summed E-state index contributed by atoms with van der Waals surface area (Å²) >= 11 is 6.28. The van der Waals surface area contributed by atoms with Gasteiger partial charge in [0.2, 0.25) is 21.8 Å². The fraction of sp³-hybridized carbons (Fsp3) is 0.259. The lowest BCUT2D eigenvalue weighted by atomic mass is 10.0. The van der Waals surface area contributed by atoms with Crippen molar-refractivity contribution in [2.24, 2.45) is 0 Å². The number of aryl methyl sites for hydroxylation is 1. The Kier molecular flexibility index (Phi) is 9.12. The highest BCUT2D eigenvalue weighted by Crippen LogP contribution is 2.27. The minimum absolute atomic E-state index is 0.129. The molecule has 0 aliphatic rings. The predicted octanol–water partition coefficient (Wildman–Crippen LogP) is 3.80. The average Bonchev–Trinajstić information content (AvgIpc) is 2.85. The summed E-state index contributed by atoms with van der Waals surface area (Å²) in [6, 6.07) is 22.6. The molecule has 0 unspecified atom stereocenters. The number of amides is 2. The second-order valence-electron chi connectivity index (χ2n) is 8.55. The Morgan fingerprint density at radius 3 is 2.11 bits per heavy atom. The molecule has 0 heterocycles. The fourth-order valence-electron chi connectivity index (χ4n) is 3.86. The molecule has 0 aromatic heterocycles. The van der Waals surface area contributed by atoms with Gasteiger partial charge in [-0.25, -0.2) is 8.42 Å². The largest absolute Gasteiger partial charge is 0.357 e. The van der Waals surface area contributed by atoms with Gasteiger partial charge in [-0.15, -0.1) is 0 Å². The molecule has 0 aliphatic heterocycles. The van der Waals surface area contributed by atoms with Crippen molar-refractivity contribution < 1.29 is 18.0 Å². The number of nitrogens with one attached hydrogen (secondary N) is 1. The van der Waals surface area contributed by atoms with Gasteiger partial charge < -0.3 is 10.2 Å². The number of sulfonamides is 1. The molecule has 0 spiro atoms. The molecule has 1 atom stereocenters. The van der Waals surface area contributed by atoms with Gasteiger partial charge in [0.05, 0.1) is 17.0 Å². The quantitative estimate of drug-likeness (QED) is 0.434. The molecular weight excluding hydrogens is 498 g/mol. The SMILES string of the molecule is CNC(=O)[C@H](Cc1ccccc1)N(Cc1ccc(C)cc1)C(=O)CN(c1ccccc1Cl)S(C)(=O)=O. The summed E-state index contributed by atoms with van der Waals surface area (Å²) in [5, 5.41) is 2.86. The first-order valence-electron chi connectivity index (χ1n) is 11.4. The molecule has 1 N–H and O–H groups in total. The summed E-state index contributed by atoms with van der Waals surface area (Å²) in [5.74, 6) is -0.867. The minimum Gasteiger partial charge on any atom is -0.357 e. The number of carbonyl (C=O) groups is 2. The van der Waals surface area contributed by atoms with Crippen LogP contribution in [0.15, 0.2) is 78.9 Å². The number of halogens is 1. The summed E-state index contributed by atoms with van der Waals surface area (Å²) in [4.78, 5) is 28.3. The average molecular weight is 528 g/mol. The molecule has 0 aliphatic carbocycles. The Morgan fingerprint density at radius 2 is 1.53 bits per heavy atom. The molecule has 190 valence electrons. The van der Waals surface area contributed by atoms with Crippen LogP contribution < -0.4 is 9.62 Å². The Labute approximate surface area is 217 Å². The molecular formula is C27H30ClN3O4S. The Morgan fingerprint density at radius 1 is 0.917 bits per heavy atom. The second kappa shape index (κ2) is 12.1. The van der Waals surface area contributed by atoms with E-state index in [0.29, 0.717) is 0 Å². The van der Waals surface area contributed by atoms with Crippen LogP contribution in [0.1, 0.15) is 16.7 Å². The number of likely N-dealkylation sites (N-methyl/N-ethyl adjacent to an activating group) is 1. The van der Waals surface area contributed by atoms with E-state index in [-0.39, 0.29) is 29.6 Å². The van der Waals surface area contributed by atoms with Crippen molar-refractivity contribution in [1.29, 1.82) is 0 Å². The van der Waals surface area contributed by atoms with Crippen LogP contribution in [0, 0.1) is 6.92 Å². The van der Waals surface area contributed by atoms with Crippen molar-refractivity contribution in [1.82, 2.24) is 10.2 Å². The number of para-hydroxylation sites is 1. The standard InChI is InChI=1S/C27H30ClN3O4S/c1-20-13-15-22(16-14-20)18-30(25(27(33)29-2)17-21-9-5-4-6-10-21)26(32)19-31(36(3,34)35)24-12-8-7-11-23(24)28/h4-16,25H,17-19H2,1-3H3,(H,29,33)/t25-/m0/s1. The molecule has 9 heteroatoms. The number of carbonyl (C=O) groups excluding carboxylic acids is 2. The van der Waals surface area contributed by atoms with Crippen LogP contribution in [-0.4, -0.2) is 51.0 Å². The molecule has 3 aromatic carbocycles. The molecule has 3 rings (SSSR count). The maximum Gasteiger partial charge on any atom is 0.244 e. The lowest BCUT2D eigenvalue weighted by Gasteiger charge is -2.33. The molecule has 0 radical (unpaired) electrons. The van der Waals surface area contributed by atoms with E-state index >= 15 is 0 Å². The number of nitrogens with zero attached hydrogens (tertiary/aromatic N) is 2. The van der Waals surface area contributed by atoms with Gasteiger partial charge in [-0.2, -0.15) is 0 Å². The highest BCUT2D eigenvalue weighted by Gasteiger charge is 2.33. The van der Waals surface area contributed by atoms with Crippen molar-refractivity contribution in [2.45, 2.75) is 25.9 Å². The zero-order valence-corrected chi connectivity index (χ0v) is 22.1. The monoisotopic (exact) mass is 527 g/mol.